The minimum absolute atomic E-state index is 0.0767. The summed E-state index contributed by atoms with van der Waals surface area (Å²) in [4.78, 5) is 12.6. The van der Waals surface area contributed by atoms with Gasteiger partial charge in [-0.1, -0.05) is 0 Å². The van der Waals surface area contributed by atoms with Crippen LogP contribution in [-0.4, -0.2) is 41.3 Å². The molecule has 0 bridgehead atoms. The fourth-order valence-corrected chi connectivity index (χ4v) is 1.13. The van der Waals surface area contributed by atoms with Gasteiger partial charge >= 0.3 is 6.03 Å². The smallest absolute Gasteiger partial charge is 0.317 e. The highest BCUT2D eigenvalue weighted by Gasteiger charge is 2.25. The quantitative estimate of drug-likeness (QED) is 0.584. The zero-order valence-corrected chi connectivity index (χ0v) is 6.92. The van der Waals surface area contributed by atoms with Crippen molar-refractivity contribution < 1.29 is 9.90 Å². The van der Waals surface area contributed by atoms with Gasteiger partial charge in [-0.15, -0.1) is 0 Å². The molecular formula is C7H14N2O2. The molecule has 0 aromatic heterocycles. The largest absolute Gasteiger partial charge is 0.389 e. The summed E-state index contributed by atoms with van der Waals surface area (Å²) in [5, 5.41) is 12.0. The molecule has 2 amide bonds. The summed E-state index contributed by atoms with van der Waals surface area (Å²) in [5.41, 5.74) is -0.790. The average molecular weight is 158 g/mol. The number of urea groups is 1. The predicted molar refractivity (Wildman–Crippen MR) is 41.3 cm³/mol. The van der Waals surface area contributed by atoms with Crippen molar-refractivity contribution in [2.75, 3.05) is 19.6 Å². The van der Waals surface area contributed by atoms with E-state index in [1.165, 1.54) is 0 Å². The summed E-state index contributed by atoms with van der Waals surface area (Å²) in [6.45, 7) is 5.17. The van der Waals surface area contributed by atoms with Gasteiger partial charge in [0.1, 0.15) is 0 Å². The lowest BCUT2D eigenvalue weighted by Gasteiger charge is -2.23. The second kappa shape index (κ2) is 2.70. The van der Waals surface area contributed by atoms with E-state index in [0.29, 0.717) is 19.6 Å². The number of nitrogens with one attached hydrogen (secondary N) is 1. The standard InChI is InChI=1S/C7H14N2O2/c1-7(2,11)5-9-4-3-8-6(9)10/h11H,3-5H2,1-2H3,(H,8,10). The molecule has 1 aliphatic rings. The molecule has 0 unspecified atom stereocenters. The molecular weight excluding hydrogens is 144 g/mol. The first-order valence-corrected chi connectivity index (χ1v) is 3.74. The van der Waals surface area contributed by atoms with Crippen LogP contribution in [0.25, 0.3) is 0 Å². The normalized spacial score (nSPS) is 18.8. The van der Waals surface area contributed by atoms with Gasteiger partial charge in [0.05, 0.1) is 12.1 Å². The Morgan fingerprint density at radius 3 is 2.73 bits per heavy atom. The van der Waals surface area contributed by atoms with Gasteiger partial charge in [-0.2, -0.15) is 0 Å². The monoisotopic (exact) mass is 158 g/mol. The fraction of sp³-hybridized carbons (Fsp3) is 0.857. The number of aliphatic hydroxyl groups is 1. The predicted octanol–water partition coefficient (Wildman–Crippen LogP) is -0.217. The number of nitrogens with zero attached hydrogens (tertiary/aromatic N) is 1. The Bertz CT molecular complexity index is 162. The highest BCUT2D eigenvalue weighted by molar-refractivity contribution is 5.76. The molecule has 0 aromatic carbocycles. The van der Waals surface area contributed by atoms with Gasteiger partial charge < -0.3 is 15.3 Å². The third kappa shape index (κ3) is 2.38. The molecule has 0 aliphatic carbocycles. The molecule has 1 rings (SSSR count). The van der Waals surface area contributed by atoms with Gasteiger partial charge in [0.25, 0.3) is 0 Å². The Hall–Kier alpha value is -0.770. The zero-order valence-electron chi connectivity index (χ0n) is 6.92. The number of carbonyl (C=O) groups is 1. The fourth-order valence-electron chi connectivity index (χ4n) is 1.13. The molecule has 11 heavy (non-hydrogen) atoms. The van der Waals surface area contributed by atoms with Crippen molar-refractivity contribution in [1.29, 1.82) is 0 Å². The van der Waals surface area contributed by atoms with E-state index in [1.54, 1.807) is 18.7 Å². The van der Waals surface area contributed by atoms with Gasteiger partial charge in [-0.3, -0.25) is 0 Å². The topological polar surface area (TPSA) is 52.6 Å². The van der Waals surface area contributed by atoms with E-state index < -0.39 is 5.60 Å². The summed E-state index contributed by atoms with van der Waals surface area (Å²) < 4.78 is 0. The van der Waals surface area contributed by atoms with Crippen molar-refractivity contribution in [3.8, 4) is 0 Å². The minimum atomic E-state index is -0.790. The van der Waals surface area contributed by atoms with Gasteiger partial charge in [0, 0.05) is 13.1 Å². The van der Waals surface area contributed by atoms with Crippen LogP contribution in [0.4, 0.5) is 4.79 Å². The molecule has 0 radical (unpaired) electrons. The summed E-state index contributed by atoms with van der Waals surface area (Å²) in [6, 6.07) is -0.0767. The Morgan fingerprint density at radius 1 is 1.73 bits per heavy atom. The van der Waals surface area contributed by atoms with E-state index in [-0.39, 0.29) is 6.03 Å². The molecule has 0 spiro atoms. The first kappa shape index (κ1) is 8.33. The van der Waals surface area contributed by atoms with E-state index in [9.17, 15) is 9.90 Å². The van der Waals surface area contributed by atoms with Gasteiger partial charge in [0.15, 0.2) is 0 Å². The number of hydrogen-bond acceptors (Lipinski definition) is 2. The molecule has 1 aliphatic heterocycles. The van der Waals surface area contributed by atoms with Gasteiger partial charge in [0.2, 0.25) is 0 Å². The lowest BCUT2D eigenvalue weighted by Crippen LogP contribution is -2.40. The van der Waals surface area contributed by atoms with Crippen LogP contribution in [0.3, 0.4) is 0 Å². The zero-order chi connectivity index (χ0) is 8.48. The van der Waals surface area contributed by atoms with Crippen molar-refractivity contribution in [3.63, 3.8) is 0 Å². The summed E-state index contributed by atoms with van der Waals surface area (Å²) >= 11 is 0. The van der Waals surface area contributed by atoms with Crippen LogP contribution in [-0.2, 0) is 0 Å². The van der Waals surface area contributed by atoms with Crippen LogP contribution in [0.2, 0.25) is 0 Å². The molecule has 4 heteroatoms. The lowest BCUT2D eigenvalue weighted by atomic mass is 10.1. The molecule has 1 heterocycles. The van der Waals surface area contributed by atoms with E-state index >= 15 is 0 Å². The Kier molecular flexibility index (Phi) is 2.04. The first-order chi connectivity index (χ1) is 4.99. The Labute approximate surface area is 66.2 Å². The van der Waals surface area contributed by atoms with Crippen molar-refractivity contribution in [1.82, 2.24) is 10.2 Å². The van der Waals surface area contributed by atoms with Crippen molar-refractivity contribution >= 4 is 6.03 Å². The maximum Gasteiger partial charge on any atom is 0.317 e. The van der Waals surface area contributed by atoms with Crippen LogP contribution in [0.15, 0.2) is 0 Å². The molecule has 0 saturated carbocycles. The second-order valence-electron chi connectivity index (χ2n) is 3.47. The molecule has 64 valence electrons. The van der Waals surface area contributed by atoms with Crippen molar-refractivity contribution in [2.24, 2.45) is 0 Å². The number of amides is 2. The number of β-amino-alcohol motifs (C(OH)–C–C–N with tert-alkyl or cyclic N) is 1. The summed E-state index contributed by atoms with van der Waals surface area (Å²) in [6.07, 6.45) is 0. The van der Waals surface area contributed by atoms with Crippen LogP contribution in [0.1, 0.15) is 13.8 Å². The van der Waals surface area contributed by atoms with E-state index in [2.05, 4.69) is 5.32 Å². The van der Waals surface area contributed by atoms with E-state index in [1.807, 2.05) is 0 Å². The van der Waals surface area contributed by atoms with E-state index in [0.717, 1.165) is 0 Å². The number of hydrogen-bond donors (Lipinski definition) is 2. The van der Waals surface area contributed by atoms with Crippen LogP contribution >= 0.6 is 0 Å². The lowest BCUT2D eigenvalue weighted by molar-refractivity contribution is 0.0524. The first-order valence-electron chi connectivity index (χ1n) is 3.74. The van der Waals surface area contributed by atoms with Gasteiger partial charge in [-0.25, -0.2) is 4.79 Å². The molecule has 2 N–H and O–H groups in total. The Balaban J connectivity index is 2.43. The van der Waals surface area contributed by atoms with E-state index in [4.69, 9.17) is 0 Å². The summed E-state index contributed by atoms with van der Waals surface area (Å²) in [7, 11) is 0. The maximum atomic E-state index is 11.0. The molecule has 1 saturated heterocycles. The number of carbonyl (C=O) groups excluding carboxylic acids is 1. The Morgan fingerprint density at radius 2 is 2.36 bits per heavy atom. The second-order valence-corrected chi connectivity index (χ2v) is 3.47. The minimum Gasteiger partial charge on any atom is -0.389 e. The summed E-state index contributed by atoms with van der Waals surface area (Å²) in [5.74, 6) is 0. The highest BCUT2D eigenvalue weighted by atomic mass is 16.3. The number of rotatable bonds is 2. The third-order valence-corrected chi connectivity index (χ3v) is 1.52. The van der Waals surface area contributed by atoms with Crippen LogP contribution in [0, 0.1) is 0 Å². The highest BCUT2D eigenvalue weighted by Crippen LogP contribution is 2.06. The maximum absolute atomic E-state index is 11.0. The molecule has 1 fully saturated rings. The third-order valence-electron chi connectivity index (χ3n) is 1.52. The molecule has 4 nitrogen and oxygen atoms in total. The van der Waals surface area contributed by atoms with Gasteiger partial charge in [-0.05, 0) is 13.8 Å². The SMILES string of the molecule is CC(C)(O)CN1CCNC1=O. The van der Waals surface area contributed by atoms with Crippen LogP contribution < -0.4 is 5.32 Å². The molecule has 0 atom stereocenters. The van der Waals surface area contributed by atoms with Crippen molar-refractivity contribution in [2.45, 2.75) is 19.4 Å². The van der Waals surface area contributed by atoms with Crippen molar-refractivity contribution in [3.05, 3.63) is 0 Å². The molecule has 0 aromatic rings. The average Bonchev–Trinajstić information content (AvgIpc) is 2.12. The van der Waals surface area contributed by atoms with Crippen LogP contribution in [0.5, 0.6) is 0 Å².